The van der Waals surface area contributed by atoms with E-state index in [2.05, 4.69) is 31.1 Å². The van der Waals surface area contributed by atoms with E-state index >= 15 is 0 Å². The molecular weight excluding hydrogens is 462 g/mol. The van der Waals surface area contributed by atoms with Crippen molar-refractivity contribution in [1.29, 1.82) is 0 Å². The summed E-state index contributed by atoms with van der Waals surface area (Å²) in [5.74, 6) is -0.145. The first-order valence-corrected chi connectivity index (χ1v) is 12.8. The molecule has 0 aliphatic heterocycles. The molecule has 2 N–H and O–H groups in total. The van der Waals surface area contributed by atoms with E-state index < -0.39 is 17.5 Å². The number of aryl methyl sites for hydroxylation is 1. The summed E-state index contributed by atoms with van der Waals surface area (Å²) >= 11 is 0. The molecule has 3 aromatic carbocycles. The molecule has 0 radical (unpaired) electrons. The van der Waals surface area contributed by atoms with Gasteiger partial charge in [-0.15, -0.1) is 0 Å². The van der Waals surface area contributed by atoms with Crippen molar-refractivity contribution in [2.75, 3.05) is 0 Å². The first-order valence-electron chi connectivity index (χ1n) is 12.8. The van der Waals surface area contributed by atoms with Crippen molar-refractivity contribution in [2.45, 2.75) is 58.0 Å². The van der Waals surface area contributed by atoms with E-state index in [9.17, 15) is 15.0 Å². The summed E-state index contributed by atoms with van der Waals surface area (Å²) in [6.07, 6.45) is 2.15. The van der Waals surface area contributed by atoms with Crippen LogP contribution in [-0.2, 0) is 16.6 Å². The van der Waals surface area contributed by atoms with Gasteiger partial charge in [-0.1, -0.05) is 97.9 Å². The lowest BCUT2D eigenvalue weighted by atomic mass is 9.79. The number of aliphatic hydroxyl groups is 1. The molecular formula is C32H33NO4. The van der Waals surface area contributed by atoms with Gasteiger partial charge in [-0.2, -0.15) is 0 Å². The third-order valence-electron chi connectivity index (χ3n) is 7.59. The van der Waals surface area contributed by atoms with Crippen LogP contribution >= 0.6 is 0 Å². The number of carboxylic acids is 1. The molecule has 1 aliphatic carbocycles. The molecule has 0 saturated heterocycles. The van der Waals surface area contributed by atoms with Gasteiger partial charge in [0, 0.05) is 5.56 Å². The Balaban J connectivity index is 1.33. The number of hydrogen-bond donors (Lipinski definition) is 2. The number of benzene rings is 3. The van der Waals surface area contributed by atoms with E-state index in [4.69, 9.17) is 4.52 Å². The second kappa shape index (κ2) is 9.64. The minimum absolute atomic E-state index is 0.114. The van der Waals surface area contributed by atoms with Crippen molar-refractivity contribution >= 4 is 5.97 Å². The molecule has 1 fully saturated rings. The Morgan fingerprint density at radius 1 is 0.946 bits per heavy atom. The van der Waals surface area contributed by atoms with Crippen LogP contribution in [0.25, 0.3) is 22.5 Å². The zero-order chi connectivity index (χ0) is 26.2. The molecule has 1 aromatic heterocycles. The van der Waals surface area contributed by atoms with Crippen LogP contribution in [0.4, 0.5) is 0 Å². The highest BCUT2D eigenvalue weighted by atomic mass is 16.5. The highest BCUT2D eigenvalue weighted by Crippen LogP contribution is 2.48. The number of carboxylic acid groups (broad SMARTS) is 1. The number of aliphatic carboxylic acids is 1. The van der Waals surface area contributed by atoms with Crippen LogP contribution < -0.4 is 0 Å². The maximum Gasteiger partial charge on any atom is 0.314 e. The maximum absolute atomic E-state index is 11.6. The Labute approximate surface area is 217 Å². The van der Waals surface area contributed by atoms with Crippen molar-refractivity contribution in [1.82, 2.24) is 5.16 Å². The van der Waals surface area contributed by atoms with E-state index in [1.165, 1.54) is 5.56 Å². The minimum Gasteiger partial charge on any atom is -0.481 e. The van der Waals surface area contributed by atoms with Crippen molar-refractivity contribution in [2.24, 2.45) is 5.41 Å². The molecule has 5 nitrogen and oxygen atoms in total. The molecule has 0 bridgehead atoms. The normalized spacial score (nSPS) is 15.4. The lowest BCUT2D eigenvalue weighted by Crippen LogP contribution is -2.19. The van der Waals surface area contributed by atoms with Gasteiger partial charge in [0.25, 0.3) is 0 Å². The summed E-state index contributed by atoms with van der Waals surface area (Å²) in [5.41, 5.74) is 5.65. The van der Waals surface area contributed by atoms with Gasteiger partial charge in [0.2, 0.25) is 0 Å². The SMILES string of the molecule is Cc1noc(-c2ccc(-c3ccc(C4(C(=O)O)CC4)cc3)cc2)c1C(O)CC(C)(C)Cc1ccccc1. The molecule has 1 saturated carbocycles. The quantitative estimate of drug-likeness (QED) is 0.258. The Bertz CT molecular complexity index is 1380. The molecule has 37 heavy (non-hydrogen) atoms. The molecule has 1 atom stereocenters. The summed E-state index contributed by atoms with van der Waals surface area (Å²) < 4.78 is 5.70. The highest BCUT2D eigenvalue weighted by molar-refractivity contribution is 5.85. The van der Waals surface area contributed by atoms with Gasteiger partial charge in [-0.25, -0.2) is 0 Å². The van der Waals surface area contributed by atoms with Crippen molar-refractivity contribution in [3.05, 3.63) is 101 Å². The molecule has 5 rings (SSSR count). The summed E-state index contributed by atoms with van der Waals surface area (Å²) in [4.78, 5) is 11.6. The van der Waals surface area contributed by atoms with Crippen molar-refractivity contribution in [3.63, 3.8) is 0 Å². The van der Waals surface area contributed by atoms with E-state index in [-0.39, 0.29) is 5.41 Å². The Kier molecular flexibility index (Phi) is 6.50. The van der Waals surface area contributed by atoms with Gasteiger partial charge in [0.05, 0.1) is 22.8 Å². The largest absolute Gasteiger partial charge is 0.481 e. The number of aliphatic hydroxyl groups excluding tert-OH is 1. The molecule has 0 amide bonds. The van der Waals surface area contributed by atoms with Crippen LogP contribution in [0.15, 0.2) is 83.4 Å². The fourth-order valence-corrected chi connectivity index (χ4v) is 5.37. The van der Waals surface area contributed by atoms with Crippen molar-refractivity contribution in [3.8, 4) is 22.5 Å². The molecule has 4 aromatic rings. The number of nitrogens with zero attached hydrogens (tertiary/aromatic N) is 1. The van der Waals surface area contributed by atoms with Gasteiger partial charge in [0.15, 0.2) is 5.76 Å². The van der Waals surface area contributed by atoms with E-state index in [0.29, 0.717) is 30.7 Å². The lowest BCUT2D eigenvalue weighted by Gasteiger charge is -2.27. The molecule has 1 heterocycles. The molecule has 0 spiro atoms. The third kappa shape index (κ3) is 5.09. The Hall–Kier alpha value is -3.70. The van der Waals surface area contributed by atoms with E-state index in [0.717, 1.165) is 34.2 Å². The average molecular weight is 496 g/mol. The lowest BCUT2D eigenvalue weighted by molar-refractivity contribution is -0.140. The fraction of sp³-hybridized carbons (Fsp3) is 0.312. The summed E-state index contributed by atoms with van der Waals surface area (Å²) in [7, 11) is 0. The molecule has 1 aliphatic rings. The number of rotatable bonds is 9. The van der Waals surface area contributed by atoms with Crippen LogP contribution in [0.1, 0.15) is 61.6 Å². The zero-order valence-electron chi connectivity index (χ0n) is 21.6. The van der Waals surface area contributed by atoms with Crippen LogP contribution in [0, 0.1) is 12.3 Å². The zero-order valence-corrected chi connectivity index (χ0v) is 21.6. The van der Waals surface area contributed by atoms with Gasteiger partial charge in [0.1, 0.15) is 0 Å². The van der Waals surface area contributed by atoms with E-state index in [1.54, 1.807) is 0 Å². The Morgan fingerprint density at radius 3 is 2.08 bits per heavy atom. The molecule has 190 valence electrons. The Morgan fingerprint density at radius 2 is 1.51 bits per heavy atom. The summed E-state index contributed by atoms with van der Waals surface area (Å²) in [5, 5.41) is 25.0. The van der Waals surface area contributed by atoms with Crippen LogP contribution in [0.5, 0.6) is 0 Å². The minimum atomic E-state index is -0.742. The van der Waals surface area contributed by atoms with Crippen LogP contribution in [0.3, 0.4) is 0 Å². The molecule has 1 unspecified atom stereocenters. The topological polar surface area (TPSA) is 83.6 Å². The van der Waals surface area contributed by atoms with Gasteiger partial charge in [-0.3, -0.25) is 4.79 Å². The van der Waals surface area contributed by atoms with Crippen LogP contribution in [0.2, 0.25) is 0 Å². The van der Waals surface area contributed by atoms with Gasteiger partial charge in [-0.05, 0) is 60.3 Å². The molecule has 5 heteroatoms. The first-order chi connectivity index (χ1) is 17.7. The second-order valence-electron chi connectivity index (χ2n) is 11.1. The summed E-state index contributed by atoms with van der Waals surface area (Å²) in [6.45, 7) is 6.22. The average Bonchev–Trinajstić information content (AvgIpc) is 3.61. The smallest absolute Gasteiger partial charge is 0.314 e. The number of carbonyl (C=O) groups is 1. The monoisotopic (exact) mass is 495 g/mol. The van der Waals surface area contributed by atoms with Gasteiger partial charge >= 0.3 is 5.97 Å². The number of aromatic nitrogens is 1. The highest BCUT2D eigenvalue weighted by Gasteiger charge is 2.51. The van der Waals surface area contributed by atoms with Gasteiger partial charge < -0.3 is 14.7 Å². The predicted molar refractivity (Wildman–Crippen MR) is 144 cm³/mol. The summed E-state index contributed by atoms with van der Waals surface area (Å²) in [6, 6.07) is 26.2. The standard InChI is InChI=1S/C32H33NO4/c1-21-28(27(34)20-31(2,3)19-22-7-5-4-6-8-22)29(37-33-21)25-11-9-23(10-12-25)24-13-15-26(16-14-24)32(17-18-32)30(35)36/h4-16,27,34H,17-20H2,1-3H3,(H,35,36). The van der Waals surface area contributed by atoms with E-state index in [1.807, 2.05) is 73.7 Å². The first kappa shape index (κ1) is 25.0. The fourth-order valence-electron chi connectivity index (χ4n) is 5.37. The third-order valence-corrected chi connectivity index (χ3v) is 7.59. The number of hydrogen-bond acceptors (Lipinski definition) is 4. The van der Waals surface area contributed by atoms with Crippen molar-refractivity contribution < 1.29 is 19.5 Å². The predicted octanol–water partition coefficient (Wildman–Crippen LogP) is 7.13. The maximum atomic E-state index is 11.6. The second-order valence-corrected chi connectivity index (χ2v) is 11.1. The van der Waals surface area contributed by atoms with Crippen LogP contribution in [-0.4, -0.2) is 21.3 Å².